The van der Waals surface area contributed by atoms with Crippen molar-refractivity contribution in [1.29, 1.82) is 0 Å². The van der Waals surface area contributed by atoms with Gasteiger partial charge in [0.1, 0.15) is 0 Å². The molecule has 0 amide bonds. The number of halogens is 6. The third kappa shape index (κ3) is 591. The third-order valence-corrected chi connectivity index (χ3v) is 0.298. The van der Waals surface area contributed by atoms with Gasteiger partial charge in [-0.2, -0.15) is 9.90 Å². The fourth-order valence-corrected chi connectivity index (χ4v) is 0. The van der Waals surface area contributed by atoms with E-state index >= 15 is 0 Å². The molecule has 0 nitrogen and oxygen atoms in total. The number of rotatable bonds is 0. The van der Waals surface area contributed by atoms with Gasteiger partial charge < -0.3 is 0 Å². The Labute approximate surface area is 72.1 Å². The molecule has 0 saturated carbocycles. The van der Waals surface area contributed by atoms with Gasteiger partial charge in [0.15, 0.2) is 0 Å². The number of hydrogen-bond donors (Lipinski definition) is 0. The first-order chi connectivity index (χ1) is 1.91. The van der Waals surface area contributed by atoms with E-state index in [1.165, 1.54) is 4.97 Å². The molecule has 0 N–H and O–H groups in total. The minimum atomic E-state index is 0. The standard InChI is InChI=1S/C3H3.6FH.Fe.H3P/c1-3-2;;;;;;;;/h1H,2H2;6*1H;;1H3. The van der Waals surface area contributed by atoms with Gasteiger partial charge in [-0.25, -0.2) is 0 Å². The molecule has 11 heavy (non-hydrogen) atoms. The fourth-order valence-electron chi connectivity index (χ4n) is 0. The van der Waals surface area contributed by atoms with Crippen molar-refractivity contribution in [3.8, 4) is 0 Å². The van der Waals surface area contributed by atoms with E-state index in [9.17, 15) is 0 Å². The molecule has 0 rings (SSSR count). The van der Waals surface area contributed by atoms with Crippen LogP contribution in [-0.2, 0) is 16.0 Å². The predicted octanol–water partition coefficient (Wildman–Crippen LogP) is 1.80. The summed E-state index contributed by atoms with van der Waals surface area (Å²) in [5.74, 6) is 0. The molecule has 0 aliphatic rings. The van der Waals surface area contributed by atoms with Crippen LogP contribution in [0.25, 0.3) is 0 Å². The molecule has 0 aromatic carbocycles. The second-order valence-electron chi connectivity index (χ2n) is 0.306. The Morgan fingerprint density at radius 3 is 1.00 bits per heavy atom. The van der Waals surface area contributed by atoms with E-state index in [1.54, 1.807) is 0 Å². The first-order valence-electron chi connectivity index (χ1n) is 0.846. The van der Waals surface area contributed by atoms with Crippen LogP contribution in [0, 0.1) is 0 Å². The predicted molar refractivity (Wildman–Crippen MR) is 39.8 cm³/mol. The van der Waals surface area contributed by atoms with Gasteiger partial charge in [0, 0.05) is 0 Å². The third-order valence-electron chi connectivity index (χ3n) is 0.0722. The van der Waals surface area contributed by atoms with Crippen molar-refractivity contribution in [3.63, 3.8) is 0 Å². The summed E-state index contributed by atoms with van der Waals surface area (Å²) in [6, 6.07) is 0. The van der Waals surface area contributed by atoms with Crippen LogP contribution in [0.3, 0.4) is 0 Å². The van der Waals surface area contributed by atoms with E-state index < -0.39 is 0 Å². The van der Waals surface area contributed by atoms with Crippen LogP contribution in [0.1, 0.15) is 0 Å². The maximum absolute atomic E-state index is 3.31. The van der Waals surface area contributed by atoms with Crippen LogP contribution < -0.4 is 0 Å². The van der Waals surface area contributed by atoms with Crippen molar-refractivity contribution in [3.05, 3.63) is 17.3 Å². The quantitative estimate of drug-likeness (QED) is 0.266. The molecule has 0 spiro atoms. The van der Waals surface area contributed by atoms with Gasteiger partial charge in [0.05, 0.1) is 0 Å². The van der Waals surface area contributed by atoms with Crippen LogP contribution in [-0.4, -0.2) is 0 Å². The van der Waals surface area contributed by atoms with Crippen molar-refractivity contribution < 1.29 is 44.2 Å². The molecule has 1 unspecified atom stereocenters. The average molecular weight is 249 g/mol. The Morgan fingerprint density at radius 1 is 0.909 bits per heavy atom. The van der Waals surface area contributed by atoms with Crippen molar-refractivity contribution in [2.75, 3.05) is 0 Å². The Bertz CT molecular complexity index is 55.8. The fraction of sp³-hybridized carbons (Fsp3) is 0. The molecule has 0 aliphatic heterocycles. The van der Waals surface area contributed by atoms with Gasteiger partial charge in [-0.1, -0.05) is 0 Å². The summed E-state index contributed by atoms with van der Waals surface area (Å²) >= 11 is 3.31. The second kappa shape index (κ2) is 196. The molecule has 8 heteroatoms. The summed E-state index contributed by atoms with van der Waals surface area (Å²) in [5, 5.41) is 0. The van der Waals surface area contributed by atoms with Gasteiger partial charge in [-0.05, 0) is 0 Å². The first-order valence-corrected chi connectivity index (χ1v) is 1.48. The zero-order valence-electron chi connectivity index (χ0n) is 5.29. The van der Waals surface area contributed by atoms with Gasteiger partial charge in [0.25, 0.3) is 0 Å². The van der Waals surface area contributed by atoms with Crippen LogP contribution in [0.15, 0.2) is 17.3 Å². The smallest absolute Gasteiger partial charge is 0.153 e. The Balaban J connectivity index is -0.00000000214. The van der Waals surface area contributed by atoms with E-state index in [2.05, 4.69) is 28.3 Å². The molecule has 0 bridgehead atoms. The number of hydrogen-bond acceptors (Lipinski definition) is 0. The van der Waals surface area contributed by atoms with Crippen molar-refractivity contribution in [2.24, 2.45) is 0 Å². The van der Waals surface area contributed by atoms with E-state index in [-0.39, 0.29) is 38.1 Å². The molecule has 0 saturated heterocycles. The van der Waals surface area contributed by atoms with Crippen LogP contribution >= 0.6 is 9.90 Å². The molecular formula is C3H12F6FeP. The van der Waals surface area contributed by atoms with Crippen LogP contribution in [0.4, 0.5) is 28.2 Å². The zero-order valence-corrected chi connectivity index (χ0v) is 7.81. The molecule has 0 radical (unpaired) electrons. The maximum atomic E-state index is 3.31. The summed E-state index contributed by atoms with van der Waals surface area (Å²) in [6.45, 7) is 3.24. The molecule has 0 aliphatic carbocycles. The molecule has 0 aromatic rings. The van der Waals surface area contributed by atoms with Gasteiger partial charge >= 0.3 is 33.3 Å². The van der Waals surface area contributed by atoms with Crippen molar-refractivity contribution in [2.45, 2.75) is 0 Å². The molecule has 1 atom stereocenters. The minimum Gasteiger partial charge on any atom is -0.269 e. The van der Waals surface area contributed by atoms with Gasteiger partial charge in [-0.3, -0.25) is 28.2 Å². The SMILES string of the molecule is C=C=[CH][Fe].F.F.F.F.F.F.P. The molecular weight excluding hydrogens is 237 g/mol. The molecule has 0 fully saturated rings. The summed E-state index contributed by atoms with van der Waals surface area (Å²) in [4.78, 5) is 1.51. The largest absolute Gasteiger partial charge is 0.269 e. The molecule has 79 valence electrons. The average Bonchev–Trinajstić information content (AvgIpc) is 1.37. The maximum Gasteiger partial charge on any atom is -0.153 e. The topological polar surface area (TPSA) is 0 Å². The first kappa shape index (κ1) is 120. The minimum absolute atomic E-state index is 0. The van der Waals surface area contributed by atoms with E-state index in [0.29, 0.717) is 0 Å². The van der Waals surface area contributed by atoms with Gasteiger partial charge in [0.2, 0.25) is 0 Å². The Morgan fingerprint density at radius 2 is 1.00 bits per heavy atom. The van der Waals surface area contributed by atoms with Crippen LogP contribution in [0.2, 0.25) is 0 Å². The van der Waals surface area contributed by atoms with E-state index in [4.69, 9.17) is 0 Å². The summed E-state index contributed by atoms with van der Waals surface area (Å²) < 4.78 is 0. The summed E-state index contributed by atoms with van der Waals surface area (Å²) in [7, 11) is 0. The van der Waals surface area contributed by atoms with Crippen molar-refractivity contribution >= 4 is 9.90 Å². The normalized spacial score (nSPS) is 1.55. The second-order valence-corrected chi connectivity index (χ2v) is 0.625. The van der Waals surface area contributed by atoms with E-state index in [1.807, 2.05) is 0 Å². The zero-order chi connectivity index (χ0) is 3.41. The summed E-state index contributed by atoms with van der Waals surface area (Å²) in [5.41, 5.74) is 2.44. The van der Waals surface area contributed by atoms with Crippen molar-refractivity contribution in [1.82, 2.24) is 0 Å². The van der Waals surface area contributed by atoms with Gasteiger partial charge in [-0.15, -0.1) is 0 Å². The summed E-state index contributed by atoms with van der Waals surface area (Å²) in [6.07, 6.45) is 0. The molecule has 0 aromatic heterocycles. The molecule has 0 heterocycles. The Kier molecular flexibility index (Phi) is 2140. The monoisotopic (exact) mass is 249 g/mol. The van der Waals surface area contributed by atoms with Crippen LogP contribution in [0.5, 0.6) is 0 Å². The Hall–Kier alpha value is 0.0495. The van der Waals surface area contributed by atoms with E-state index in [0.717, 1.165) is 0 Å².